The van der Waals surface area contributed by atoms with Gasteiger partial charge in [-0.3, -0.25) is 4.79 Å². The van der Waals surface area contributed by atoms with Crippen molar-refractivity contribution in [3.8, 4) is 0 Å². The highest BCUT2D eigenvalue weighted by atomic mass is 16.1. The van der Waals surface area contributed by atoms with Crippen LogP contribution in [0.25, 0.3) is 0 Å². The summed E-state index contributed by atoms with van der Waals surface area (Å²) in [6.07, 6.45) is 7.78. The van der Waals surface area contributed by atoms with Gasteiger partial charge in [0.05, 0.1) is 0 Å². The van der Waals surface area contributed by atoms with Crippen molar-refractivity contribution in [2.75, 3.05) is 0 Å². The largest absolute Gasteiger partial charge is 0.299 e. The number of allylic oxidation sites excluding steroid dienone is 2. The predicted molar refractivity (Wildman–Crippen MR) is 55.6 cm³/mol. The molecule has 1 rings (SSSR count). The van der Waals surface area contributed by atoms with E-state index in [1.807, 2.05) is 0 Å². The van der Waals surface area contributed by atoms with E-state index < -0.39 is 0 Å². The Morgan fingerprint density at radius 1 is 1.46 bits per heavy atom. The fraction of sp³-hybridized carbons (Fsp3) is 0.750. The third kappa shape index (κ3) is 2.98. The Balaban J connectivity index is 2.61. The topological polar surface area (TPSA) is 17.1 Å². The van der Waals surface area contributed by atoms with E-state index >= 15 is 0 Å². The lowest BCUT2D eigenvalue weighted by Crippen LogP contribution is -2.23. The van der Waals surface area contributed by atoms with E-state index in [9.17, 15) is 4.79 Å². The molecule has 0 radical (unpaired) electrons. The van der Waals surface area contributed by atoms with Gasteiger partial charge in [0, 0.05) is 0 Å². The van der Waals surface area contributed by atoms with E-state index in [-0.39, 0.29) is 0 Å². The van der Waals surface area contributed by atoms with Crippen molar-refractivity contribution in [3.63, 3.8) is 0 Å². The first kappa shape index (κ1) is 10.5. The molecule has 1 fully saturated rings. The molecule has 0 N–H and O–H groups in total. The standard InChI is InChI=1S/C12H20O/c1-10(6-8-13)11-5-4-7-12(2,3)9-11/h6,8,11H,4-5,7,9H2,1-3H3. The smallest absolute Gasteiger partial charge is 0.142 e. The van der Waals surface area contributed by atoms with Crippen molar-refractivity contribution < 1.29 is 4.79 Å². The summed E-state index contributed by atoms with van der Waals surface area (Å²) in [5.74, 6) is 0.647. The van der Waals surface area contributed by atoms with Crippen LogP contribution in [0.1, 0.15) is 46.5 Å². The van der Waals surface area contributed by atoms with Gasteiger partial charge in [-0.05, 0) is 43.6 Å². The van der Waals surface area contributed by atoms with Crippen molar-refractivity contribution in [1.29, 1.82) is 0 Å². The molecule has 1 aliphatic carbocycles. The molecule has 1 atom stereocenters. The highest BCUT2D eigenvalue weighted by molar-refractivity contribution is 5.66. The molecule has 0 aromatic rings. The molecule has 13 heavy (non-hydrogen) atoms. The molecule has 0 aromatic heterocycles. The summed E-state index contributed by atoms with van der Waals surface area (Å²) in [6, 6.07) is 0. The van der Waals surface area contributed by atoms with Crippen molar-refractivity contribution in [2.24, 2.45) is 11.3 Å². The third-order valence-corrected chi connectivity index (χ3v) is 3.18. The van der Waals surface area contributed by atoms with Gasteiger partial charge >= 0.3 is 0 Å². The van der Waals surface area contributed by atoms with Crippen LogP contribution in [0.4, 0.5) is 0 Å². The Hall–Kier alpha value is -0.590. The van der Waals surface area contributed by atoms with E-state index in [0.29, 0.717) is 11.3 Å². The van der Waals surface area contributed by atoms with Crippen LogP contribution in [-0.4, -0.2) is 6.29 Å². The summed E-state index contributed by atoms with van der Waals surface area (Å²) < 4.78 is 0. The lowest BCUT2D eigenvalue weighted by atomic mass is 9.70. The minimum absolute atomic E-state index is 0.473. The normalized spacial score (nSPS) is 28.5. The van der Waals surface area contributed by atoms with Gasteiger partial charge in [-0.15, -0.1) is 0 Å². The Morgan fingerprint density at radius 3 is 2.69 bits per heavy atom. The lowest BCUT2D eigenvalue weighted by Gasteiger charge is -2.35. The number of hydrogen-bond donors (Lipinski definition) is 0. The Labute approximate surface area is 81.2 Å². The molecule has 0 spiro atoms. The zero-order valence-corrected chi connectivity index (χ0v) is 8.97. The molecule has 1 unspecified atom stereocenters. The fourth-order valence-corrected chi connectivity index (χ4v) is 2.33. The molecule has 0 heterocycles. The van der Waals surface area contributed by atoms with Gasteiger partial charge in [0.15, 0.2) is 0 Å². The molecule has 0 amide bonds. The summed E-state index contributed by atoms with van der Waals surface area (Å²) >= 11 is 0. The molecule has 1 aliphatic rings. The molecule has 1 saturated carbocycles. The van der Waals surface area contributed by atoms with Gasteiger partial charge in [0.2, 0.25) is 0 Å². The first-order valence-corrected chi connectivity index (χ1v) is 5.17. The third-order valence-electron chi connectivity index (χ3n) is 3.18. The monoisotopic (exact) mass is 180 g/mol. The molecule has 1 nitrogen and oxygen atoms in total. The van der Waals surface area contributed by atoms with Crippen LogP contribution in [0.2, 0.25) is 0 Å². The maximum absolute atomic E-state index is 10.3. The molecule has 0 saturated heterocycles. The number of aldehydes is 1. The van der Waals surface area contributed by atoms with E-state index in [0.717, 1.165) is 6.29 Å². The van der Waals surface area contributed by atoms with Crippen LogP contribution in [0.3, 0.4) is 0 Å². The maximum atomic E-state index is 10.3. The number of hydrogen-bond acceptors (Lipinski definition) is 1. The predicted octanol–water partition coefficient (Wildman–Crippen LogP) is 3.35. The van der Waals surface area contributed by atoms with Crippen molar-refractivity contribution in [2.45, 2.75) is 46.5 Å². The van der Waals surface area contributed by atoms with Crippen LogP contribution in [0.15, 0.2) is 11.6 Å². The van der Waals surface area contributed by atoms with E-state index in [1.165, 1.54) is 31.3 Å². The van der Waals surface area contributed by atoms with Crippen molar-refractivity contribution in [3.05, 3.63) is 11.6 Å². The van der Waals surface area contributed by atoms with Crippen LogP contribution in [-0.2, 0) is 4.79 Å². The van der Waals surface area contributed by atoms with E-state index in [2.05, 4.69) is 20.8 Å². The van der Waals surface area contributed by atoms with Crippen LogP contribution in [0.5, 0.6) is 0 Å². The highest BCUT2D eigenvalue weighted by Crippen LogP contribution is 2.41. The van der Waals surface area contributed by atoms with Gasteiger partial charge < -0.3 is 0 Å². The van der Waals surface area contributed by atoms with E-state index in [4.69, 9.17) is 0 Å². The van der Waals surface area contributed by atoms with Crippen LogP contribution < -0.4 is 0 Å². The molecule has 0 bridgehead atoms. The summed E-state index contributed by atoms with van der Waals surface area (Å²) in [7, 11) is 0. The second-order valence-electron chi connectivity index (χ2n) is 5.00. The second-order valence-corrected chi connectivity index (χ2v) is 5.00. The van der Waals surface area contributed by atoms with Gasteiger partial charge in [-0.1, -0.05) is 25.8 Å². The minimum Gasteiger partial charge on any atom is -0.299 e. The molecule has 0 aliphatic heterocycles. The SMILES string of the molecule is CC(=CC=O)C1CCCC(C)(C)C1. The summed E-state index contributed by atoms with van der Waals surface area (Å²) in [4.78, 5) is 10.3. The minimum atomic E-state index is 0.473. The summed E-state index contributed by atoms with van der Waals surface area (Å²) in [5.41, 5.74) is 1.74. The van der Waals surface area contributed by atoms with Gasteiger partial charge in [-0.2, -0.15) is 0 Å². The van der Waals surface area contributed by atoms with Crippen molar-refractivity contribution >= 4 is 6.29 Å². The number of carbonyl (C=O) groups is 1. The lowest BCUT2D eigenvalue weighted by molar-refractivity contribution is -0.104. The molecular formula is C12H20O. The Bertz CT molecular complexity index is 213. The molecule has 1 heteroatoms. The number of carbonyl (C=O) groups excluding carboxylic acids is 1. The molecule has 74 valence electrons. The quantitative estimate of drug-likeness (QED) is 0.470. The average molecular weight is 180 g/mol. The first-order valence-electron chi connectivity index (χ1n) is 5.17. The molecule has 0 aromatic carbocycles. The summed E-state index contributed by atoms with van der Waals surface area (Å²) in [5, 5.41) is 0. The number of rotatable bonds is 2. The second kappa shape index (κ2) is 4.08. The van der Waals surface area contributed by atoms with Crippen molar-refractivity contribution in [1.82, 2.24) is 0 Å². The van der Waals surface area contributed by atoms with Crippen LogP contribution >= 0.6 is 0 Å². The average Bonchev–Trinajstić information content (AvgIpc) is 2.03. The van der Waals surface area contributed by atoms with E-state index in [1.54, 1.807) is 6.08 Å². The van der Waals surface area contributed by atoms with Gasteiger partial charge in [0.25, 0.3) is 0 Å². The first-order chi connectivity index (χ1) is 6.05. The zero-order chi connectivity index (χ0) is 9.90. The fourth-order valence-electron chi connectivity index (χ4n) is 2.33. The Kier molecular flexibility index (Phi) is 3.29. The highest BCUT2D eigenvalue weighted by Gasteiger charge is 2.28. The van der Waals surface area contributed by atoms with Gasteiger partial charge in [0.1, 0.15) is 6.29 Å². The van der Waals surface area contributed by atoms with Crippen LogP contribution in [0, 0.1) is 11.3 Å². The molecular weight excluding hydrogens is 160 g/mol. The zero-order valence-electron chi connectivity index (χ0n) is 8.97. The maximum Gasteiger partial charge on any atom is 0.142 e. The van der Waals surface area contributed by atoms with Gasteiger partial charge in [-0.25, -0.2) is 0 Å². The Morgan fingerprint density at radius 2 is 2.15 bits per heavy atom. The summed E-state index contributed by atoms with van der Waals surface area (Å²) in [6.45, 7) is 6.74.